The molecule has 20 heavy (non-hydrogen) atoms. The molecule has 0 aromatic heterocycles. The second-order valence-corrected chi connectivity index (χ2v) is 5.58. The Morgan fingerprint density at radius 1 is 1.40 bits per heavy atom. The van der Waals surface area contributed by atoms with Crippen LogP contribution in [0.25, 0.3) is 0 Å². The van der Waals surface area contributed by atoms with E-state index >= 15 is 0 Å². The van der Waals surface area contributed by atoms with Crippen LogP contribution < -0.4 is 15.2 Å². The average molecular weight is 276 g/mol. The SMILES string of the molecule is CC1CCN(C(=O)c2ccc3c(c2)OCO3)CC1CN. The second kappa shape index (κ2) is 5.32. The number of piperidine rings is 1. The first-order valence-electron chi connectivity index (χ1n) is 7.08. The lowest BCUT2D eigenvalue weighted by molar-refractivity contribution is 0.0618. The van der Waals surface area contributed by atoms with Gasteiger partial charge in [-0.3, -0.25) is 4.79 Å². The predicted octanol–water partition coefficient (Wildman–Crippen LogP) is 1.47. The maximum absolute atomic E-state index is 12.6. The van der Waals surface area contributed by atoms with Gasteiger partial charge in [0.25, 0.3) is 5.91 Å². The highest BCUT2D eigenvalue weighted by Gasteiger charge is 2.29. The van der Waals surface area contributed by atoms with Gasteiger partial charge in [-0.05, 0) is 43.0 Å². The fourth-order valence-corrected chi connectivity index (χ4v) is 2.85. The summed E-state index contributed by atoms with van der Waals surface area (Å²) in [6, 6.07) is 5.36. The molecule has 1 fully saturated rings. The predicted molar refractivity (Wildman–Crippen MR) is 74.8 cm³/mol. The Bertz CT molecular complexity index is 518. The van der Waals surface area contributed by atoms with Crippen LogP contribution in [-0.2, 0) is 0 Å². The Morgan fingerprint density at radius 2 is 2.20 bits per heavy atom. The van der Waals surface area contributed by atoms with E-state index in [1.807, 2.05) is 4.90 Å². The van der Waals surface area contributed by atoms with E-state index in [9.17, 15) is 4.79 Å². The first kappa shape index (κ1) is 13.2. The lowest BCUT2D eigenvalue weighted by atomic mass is 9.87. The summed E-state index contributed by atoms with van der Waals surface area (Å²) in [6.45, 7) is 4.60. The molecule has 108 valence electrons. The van der Waals surface area contributed by atoms with Crippen molar-refractivity contribution in [2.75, 3.05) is 26.4 Å². The molecule has 0 aliphatic carbocycles. The van der Waals surface area contributed by atoms with Crippen molar-refractivity contribution in [3.8, 4) is 11.5 Å². The van der Waals surface area contributed by atoms with E-state index in [0.717, 1.165) is 19.5 Å². The quantitative estimate of drug-likeness (QED) is 0.888. The highest BCUT2D eigenvalue weighted by Crippen LogP contribution is 2.33. The minimum atomic E-state index is 0.0497. The molecular formula is C15H20N2O3. The Morgan fingerprint density at radius 3 is 3.00 bits per heavy atom. The van der Waals surface area contributed by atoms with Crippen LogP contribution in [0.5, 0.6) is 11.5 Å². The smallest absolute Gasteiger partial charge is 0.254 e. The number of nitrogens with two attached hydrogens (primary N) is 1. The van der Waals surface area contributed by atoms with Gasteiger partial charge in [0.1, 0.15) is 0 Å². The molecule has 2 N–H and O–H groups in total. The van der Waals surface area contributed by atoms with Crippen molar-refractivity contribution >= 4 is 5.91 Å². The van der Waals surface area contributed by atoms with Gasteiger partial charge in [0.2, 0.25) is 6.79 Å². The van der Waals surface area contributed by atoms with Crippen LogP contribution in [0.2, 0.25) is 0 Å². The standard InChI is InChI=1S/C15H20N2O3/c1-10-4-5-17(8-12(10)7-16)15(18)11-2-3-13-14(6-11)20-9-19-13/h2-3,6,10,12H,4-5,7-9,16H2,1H3. The van der Waals surface area contributed by atoms with Crippen molar-refractivity contribution in [1.29, 1.82) is 0 Å². The summed E-state index contributed by atoms with van der Waals surface area (Å²) in [5, 5.41) is 0. The molecule has 0 bridgehead atoms. The Kier molecular flexibility index (Phi) is 3.53. The number of hydrogen-bond donors (Lipinski definition) is 1. The summed E-state index contributed by atoms with van der Waals surface area (Å²) < 4.78 is 10.6. The van der Waals surface area contributed by atoms with Gasteiger partial charge >= 0.3 is 0 Å². The zero-order valence-corrected chi connectivity index (χ0v) is 11.7. The van der Waals surface area contributed by atoms with Crippen LogP contribution in [-0.4, -0.2) is 37.2 Å². The van der Waals surface area contributed by atoms with Crippen LogP contribution >= 0.6 is 0 Å². The minimum absolute atomic E-state index is 0.0497. The third kappa shape index (κ3) is 2.33. The molecule has 2 unspecified atom stereocenters. The third-order valence-corrected chi connectivity index (χ3v) is 4.32. The van der Waals surface area contributed by atoms with Gasteiger partial charge in [0.15, 0.2) is 11.5 Å². The molecule has 1 saturated heterocycles. The van der Waals surface area contributed by atoms with Gasteiger partial charge in [0.05, 0.1) is 0 Å². The van der Waals surface area contributed by atoms with Gasteiger partial charge in [0, 0.05) is 18.7 Å². The number of ether oxygens (including phenoxy) is 2. The topological polar surface area (TPSA) is 64.8 Å². The molecule has 2 atom stereocenters. The zero-order valence-electron chi connectivity index (χ0n) is 11.7. The molecule has 1 aromatic rings. The molecule has 0 saturated carbocycles. The maximum atomic E-state index is 12.6. The van der Waals surface area contributed by atoms with E-state index in [-0.39, 0.29) is 12.7 Å². The third-order valence-electron chi connectivity index (χ3n) is 4.32. The van der Waals surface area contributed by atoms with Crippen molar-refractivity contribution < 1.29 is 14.3 Å². The van der Waals surface area contributed by atoms with Crippen LogP contribution in [0.1, 0.15) is 23.7 Å². The van der Waals surface area contributed by atoms with Gasteiger partial charge in [-0.1, -0.05) is 6.92 Å². The van der Waals surface area contributed by atoms with Gasteiger partial charge < -0.3 is 20.1 Å². The number of nitrogens with zero attached hydrogens (tertiary/aromatic N) is 1. The molecule has 1 amide bonds. The van der Waals surface area contributed by atoms with Crippen molar-refractivity contribution in [2.24, 2.45) is 17.6 Å². The van der Waals surface area contributed by atoms with Crippen molar-refractivity contribution in [3.63, 3.8) is 0 Å². The van der Waals surface area contributed by atoms with Gasteiger partial charge in [-0.15, -0.1) is 0 Å². The Balaban J connectivity index is 1.75. The molecule has 3 rings (SSSR count). The largest absolute Gasteiger partial charge is 0.454 e. The second-order valence-electron chi connectivity index (χ2n) is 5.58. The molecule has 0 spiro atoms. The van der Waals surface area contributed by atoms with E-state index in [1.54, 1.807) is 18.2 Å². The Labute approximate surface area is 118 Å². The minimum Gasteiger partial charge on any atom is -0.454 e. The lowest BCUT2D eigenvalue weighted by Gasteiger charge is -2.36. The number of fused-ring (bicyclic) bond motifs is 1. The fraction of sp³-hybridized carbons (Fsp3) is 0.533. The van der Waals surface area contributed by atoms with Crippen LogP contribution in [0.3, 0.4) is 0 Å². The fourth-order valence-electron chi connectivity index (χ4n) is 2.85. The summed E-state index contributed by atoms with van der Waals surface area (Å²) in [5.74, 6) is 2.38. The number of likely N-dealkylation sites (tertiary alicyclic amines) is 1. The van der Waals surface area contributed by atoms with Crippen molar-refractivity contribution in [2.45, 2.75) is 13.3 Å². The number of carbonyl (C=O) groups excluding carboxylic acids is 1. The number of rotatable bonds is 2. The number of carbonyl (C=O) groups is 1. The molecule has 0 radical (unpaired) electrons. The maximum Gasteiger partial charge on any atom is 0.254 e. The molecule has 1 aromatic carbocycles. The summed E-state index contributed by atoms with van der Waals surface area (Å²) in [6.07, 6.45) is 1.01. The van der Waals surface area contributed by atoms with Crippen molar-refractivity contribution in [1.82, 2.24) is 4.90 Å². The van der Waals surface area contributed by atoms with Crippen LogP contribution in [0.4, 0.5) is 0 Å². The number of amides is 1. The van der Waals surface area contributed by atoms with E-state index in [1.165, 1.54) is 0 Å². The first-order chi connectivity index (χ1) is 9.69. The van der Waals surface area contributed by atoms with E-state index in [0.29, 0.717) is 35.4 Å². The van der Waals surface area contributed by atoms with Crippen molar-refractivity contribution in [3.05, 3.63) is 23.8 Å². The number of hydrogen-bond acceptors (Lipinski definition) is 4. The monoisotopic (exact) mass is 276 g/mol. The molecular weight excluding hydrogens is 256 g/mol. The van der Waals surface area contributed by atoms with Gasteiger partial charge in [-0.2, -0.15) is 0 Å². The average Bonchev–Trinajstić information content (AvgIpc) is 2.94. The summed E-state index contributed by atoms with van der Waals surface area (Å²) in [7, 11) is 0. The molecule has 2 heterocycles. The Hall–Kier alpha value is -1.75. The van der Waals surface area contributed by atoms with E-state index < -0.39 is 0 Å². The summed E-state index contributed by atoms with van der Waals surface area (Å²) in [4.78, 5) is 14.5. The van der Waals surface area contributed by atoms with Crippen LogP contribution in [0, 0.1) is 11.8 Å². The molecule has 5 nitrogen and oxygen atoms in total. The zero-order chi connectivity index (χ0) is 14.1. The van der Waals surface area contributed by atoms with E-state index in [2.05, 4.69) is 6.92 Å². The van der Waals surface area contributed by atoms with Gasteiger partial charge in [-0.25, -0.2) is 0 Å². The lowest BCUT2D eigenvalue weighted by Crippen LogP contribution is -2.45. The normalized spacial score (nSPS) is 24.8. The first-order valence-corrected chi connectivity index (χ1v) is 7.08. The molecule has 5 heteroatoms. The van der Waals surface area contributed by atoms with Crippen LogP contribution in [0.15, 0.2) is 18.2 Å². The van der Waals surface area contributed by atoms with E-state index in [4.69, 9.17) is 15.2 Å². The summed E-state index contributed by atoms with van der Waals surface area (Å²) in [5.41, 5.74) is 6.45. The highest BCUT2D eigenvalue weighted by molar-refractivity contribution is 5.95. The molecule has 2 aliphatic rings. The number of benzene rings is 1. The highest BCUT2D eigenvalue weighted by atomic mass is 16.7. The molecule has 2 aliphatic heterocycles. The summed E-state index contributed by atoms with van der Waals surface area (Å²) >= 11 is 0.